The van der Waals surface area contributed by atoms with E-state index in [4.69, 9.17) is 28.2 Å². The van der Waals surface area contributed by atoms with Crippen LogP contribution in [0, 0.1) is 0 Å². The second kappa shape index (κ2) is 26.5. The zero-order valence-electron chi connectivity index (χ0n) is 39.4. The Morgan fingerprint density at radius 2 is 0.972 bits per heavy atom. The first-order chi connectivity index (χ1) is 34.1. The van der Waals surface area contributed by atoms with Crippen molar-refractivity contribution in [1.29, 1.82) is 0 Å². The van der Waals surface area contributed by atoms with E-state index in [1.165, 1.54) is 56.3 Å². The minimum absolute atomic E-state index is 0.0325. The number of benzene rings is 4. The summed E-state index contributed by atoms with van der Waals surface area (Å²) in [4.78, 5) is 69.9. The van der Waals surface area contributed by atoms with Crippen molar-refractivity contribution < 1.29 is 56.5 Å². The van der Waals surface area contributed by atoms with Gasteiger partial charge >= 0.3 is 44.8 Å². The molecule has 0 saturated carbocycles. The number of esters is 4. The molecule has 378 valence electrons. The third-order valence-corrected chi connectivity index (χ3v) is 15.4. The lowest BCUT2D eigenvalue weighted by Gasteiger charge is -2.27. The highest BCUT2D eigenvalue weighted by Crippen LogP contribution is 2.42. The Balaban J connectivity index is 1.10. The first kappa shape index (κ1) is 54.3. The lowest BCUT2D eigenvalue weighted by molar-refractivity contribution is -0.147. The van der Waals surface area contributed by atoms with E-state index in [-0.39, 0.29) is 44.6 Å². The van der Waals surface area contributed by atoms with E-state index in [0.717, 1.165) is 22.3 Å². The van der Waals surface area contributed by atoms with Gasteiger partial charge in [0.05, 0.1) is 6.61 Å². The lowest BCUT2D eigenvalue weighted by Crippen LogP contribution is -2.44. The van der Waals surface area contributed by atoms with Gasteiger partial charge in [-0.1, -0.05) is 121 Å². The Bertz CT molecular complexity index is 2560. The van der Waals surface area contributed by atoms with E-state index in [0.29, 0.717) is 0 Å². The number of thioether (sulfide) groups is 1. The summed E-state index contributed by atoms with van der Waals surface area (Å²) in [6, 6.07) is 32.6. The van der Waals surface area contributed by atoms with E-state index in [9.17, 15) is 33.1 Å². The first-order valence-corrected chi connectivity index (χ1v) is 26.9. The molecule has 4 aromatic carbocycles. The van der Waals surface area contributed by atoms with Crippen molar-refractivity contribution in [3.8, 4) is 0 Å². The van der Waals surface area contributed by atoms with Crippen molar-refractivity contribution in [2.24, 2.45) is 0 Å². The number of nitrogens with zero attached hydrogens (tertiary/aromatic N) is 2. The van der Waals surface area contributed by atoms with Crippen molar-refractivity contribution in [3.05, 3.63) is 166 Å². The van der Waals surface area contributed by atoms with Gasteiger partial charge in [0.25, 0.3) is 0 Å². The Hall–Kier alpha value is -5.99. The molecule has 5 N–H and O–H groups in total. The molecule has 1 aliphatic heterocycles. The summed E-state index contributed by atoms with van der Waals surface area (Å²) in [5.41, 5.74) is 1.33. The van der Waals surface area contributed by atoms with Crippen molar-refractivity contribution in [3.63, 3.8) is 0 Å². The third kappa shape index (κ3) is 17.4. The maximum Gasteiger partial charge on any atom is 0.351 e. The van der Waals surface area contributed by atoms with Gasteiger partial charge in [-0.3, -0.25) is 38.0 Å². The molecule has 6 atom stereocenters. The molecule has 71 heavy (non-hydrogen) atoms. The van der Waals surface area contributed by atoms with Crippen molar-refractivity contribution >= 4 is 56.7 Å². The van der Waals surface area contributed by atoms with Gasteiger partial charge in [-0.2, -0.15) is 4.98 Å². The Morgan fingerprint density at radius 3 is 1.34 bits per heavy atom. The highest BCUT2D eigenvalue weighted by atomic mass is 32.2. The number of nitrogens with one attached hydrogen (secondary N) is 5. The molecule has 6 rings (SSSR count). The topological polar surface area (TPSA) is 253 Å². The second-order valence-corrected chi connectivity index (χ2v) is 21.2. The fourth-order valence-electron chi connectivity index (χ4n) is 6.59. The van der Waals surface area contributed by atoms with E-state index < -0.39 is 80.7 Å². The average molecular weight is 1030 g/mol. The zero-order valence-corrected chi connectivity index (χ0v) is 42.0. The van der Waals surface area contributed by atoms with Crippen LogP contribution in [0.2, 0.25) is 0 Å². The molecule has 23 heteroatoms. The highest BCUT2D eigenvalue weighted by molar-refractivity contribution is 8.00. The fraction of sp³-hybridized carbons (Fsp3) is 0.333. The number of aromatic nitrogens is 2. The number of anilines is 1. The summed E-state index contributed by atoms with van der Waals surface area (Å²) in [5.74, 6) is -2.92. The van der Waals surface area contributed by atoms with E-state index in [2.05, 4.69) is 30.4 Å². The van der Waals surface area contributed by atoms with Gasteiger partial charge in [0.15, 0.2) is 0 Å². The molecule has 0 bridgehead atoms. The SMILES string of the molecule is C[C@H](NP(=O)(Nc1ccn([C@H]2CS[C@@H](COP(=O)(N[C@@H](C)C(=O)OCc3ccccc3)N[C@@H](C)C(=O)OCc3ccccc3)O2)c(=O)n1)N[C@@H](C)C(=O)OCc1ccccc1)C(=O)OCc1ccccc1. The van der Waals surface area contributed by atoms with Crippen molar-refractivity contribution in [2.45, 2.75) is 90.0 Å². The predicted octanol–water partition coefficient (Wildman–Crippen LogP) is 6.36. The van der Waals surface area contributed by atoms with Crippen LogP contribution < -0.4 is 31.1 Å². The van der Waals surface area contributed by atoms with Crippen LogP contribution in [-0.2, 0) is 82.9 Å². The summed E-state index contributed by atoms with van der Waals surface area (Å²) in [6.07, 6.45) is 0.453. The van der Waals surface area contributed by atoms with Gasteiger partial charge < -0.3 is 28.2 Å². The lowest BCUT2D eigenvalue weighted by atomic mass is 10.2. The first-order valence-electron chi connectivity index (χ1n) is 22.5. The molecular weight excluding hydrogens is 977 g/mol. The summed E-state index contributed by atoms with van der Waals surface area (Å²) < 4.78 is 63.9. The van der Waals surface area contributed by atoms with Crippen LogP contribution >= 0.6 is 27.0 Å². The normalized spacial score (nSPS) is 16.5. The zero-order chi connectivity index (χ0) is 50.8. The molecule has 2 heterocycles. The van der Waals surface area contributed by atoms with Crippen molar-refractivity contribution in [1.82, 2.24) is 29.9 Å². The van der Waals surface area contributed by atoms with Gasteiger partial charge in [-0.15, -0.1) is 11.8 Å². The summed E-state index contributed by atoms with van der Waals surface area (Å²) in [5, 5.41) is 13.4. The molecule has 20 nitrogen and oxygen atoms in total. The summed E-state index contributed by atoms with van der Waals surface area (Å²) in [7, 11) is -8.49. The fourth-order valence-corrected chi connectivity index (χ4v) is 11.4. The predicted molar refractivity (Wildman–Crippen MR) is 265 cm³/mol. The standard InChI is InChI=1S/C48H57N7O13P2S/c1-33(44(56)63-27-37-17-9-5-10-18-37)50-69(61,51-34(2)45(57)64-28-38-19-11-6-12-20-38)54-41-25-26-55(48(60)49-41)42-32-71-43(68-42)31-67-70(62,52-35(3)46(58)65-29-39-21-13-7-14-22-39)53-36(4)47(59)66-30-40-23-15-8-16-24-40/h5-26,33-36,42-43H,27-32H2,1-4H3,(H2,52,53,62)(H3,49,50,51,54,60,61)/t33-,34-,35-,36-,42+,43-/m0/s1. The van der Waals surface area contributed by atoms with Crippen LogP contribution in [0.25, 0.3) is 0 Å². The van der Waals surface area contributed by atoms with E-state index in [1.54, 1.807) is 97.1 Å². The molecule has 0 spiro atoms. The molecule has 0 aliphatic carbocycles. The Kier molecular flexibility index (Phi) is 20.2. The van der Waals surface area contributed by atoms with Gasteiger partial charge in [0, 0.05) is 11.9 Å². The number of ether oxygens (including phenoxy) is 5. The highest BCUT2D eigenvalue weighted by Gasteiger charge is 2.37. The molecule has 1 saturated heterocycles. The van der Waals surface area contributed by atoms with Crippen LogP contribution in [0.4, 0.5) is 5.82 Å². The van der Waals surface area contributed by atoms with Crippen LogP contribution in [0.3, 0.4) is 0 Å². The maximum atomic E-state index is 14.6. The van der Waals surface area contributed by atoms with Gasteiger partial charge in [0.2, 0.25) is 0 Å². The number of hydrogen-bond donors (Lipinski definition) is 5. The number of carbonyl (C=O) groups excluding carboxylic acids is 4. The van der Waals surface area contributed by atoms with Crippen LogP contribution in [0.15, 0.2) is 138 Å². The quantitative estimate of drug-likeness (QED) is 0.0229. The van der Waals surface area contributed by atoms with Gasteiger partial charge in [-0.05, 0) is 56.0 Å². The van der Waals surface area contributed by atoms with Crippen LogP contribution in [-0.4, -0.2) is 75.4 Å². The average Bonchev–Trinajstić information content (AvgIpc) is 3.85. The molecule has 0 radical (unpaired) electrons. The maximum absolute atomic E-state index is 14.6. The molecule has 5 aromatic rings. The second-order valence-electron chi connectivity index (χ2n) is 16.2. The van der Waals surface area contributed by atoms with Crippen molar-refractivity contribution in [2.75, 3.05) is 17.4 Å². The molecule has 0 amide bonds. The van der Waals surface area contributed by atoms with Gasteiger partial charge in [0.1, 0.15) is 68.1 Å². The Labute approximate surface area is 415 Å². The largest absolute Gasteiger partial charge is 0.460 e. The van der Waals surface area contributed by atoms with Crippen LogP contribution in [0.5, 0.6) is 0 Å². The molecule has 1 aromatic heterocycles. The molecule has 0 unspecified atom stereocenters. The third-order valence-electron chi connectivity index (χ3n) is 10.3. The number of carbonyl (C=O) groups is 4. The summed E-state index contributed by atoms with van der Waals surface area (Å²) in [6.45, 7) is 5.24. The number of hydrogen-bond acceptors (Lipinski definition) is 15. The van der Waals surface area contributed by atoms with E-state index in [1.807, 2.05) is 24.3 Å². The smallest absolute Gasteiger partial charge is 0.351 e. The van der Waals surface area contributed by atoms with Gasteiger partial charge in [-0.25, -0.2) is 25.1 Å². The minimum Gasteiger partial charge on any atom is -0.460 e. The Morgan fingerprint density at radius 1 is 0.606 bits per heavy atom. The van der Waals surface area contributed by atoms with Crippen LogP contribution in [0.1, 0.15) is 56.2 Å². The molecule has 1 fully saturated rings. The monoisotopic (exact) mass is 1030 g/mol. The summed E-state index contributed by atoms with van der Waals surface area (Å²) >= 11 is 1.23. The van der Waals surface area contributed by atoms with E-state index >= 15 is 0 Å². The molecule has 1 aliphatic rings. The number of rotatable bonds is 26. The minimum atomic E-state index is -4.26. The molecular formula is C48H57N7O13P2S.